The number of nitrogens with zero attached hydrogens (tertiary/aromatic N) is 1. The van der Waals surface area contributed by atoms with E-state index in [2.05, 4.69) is 0 Å². The molecule has 1 aliphatic heterocycles. The second kappa shape index (κ2) is 7.53. The molecule has 1 aliphatic rings. The van der Waals surface area contributed by atoms with Crippen LogP contribution in [0.2, 0.25) is 5.02 Å². The van der Waals surface area contributed by atoms with Gasteiger partial charge >= 0.3 is 0 Å². The summed E-state index contributed by atoms with van der Waals surface area (Å²) >= 11 is 5.98. The van der Waals surface area contributed by atoms with Gasteiger partial charge in [0.1, 0.15) is 11.6 Å². The summed E-state index contributed by atoms with van der Waals surface area (Å²) < 4.78 is 14.5. The minimum atomic E-state index is -0.996. The molecule has 0 saturated carbocycles. The number of rotatable bonds is 3. The van der Waals surface area contributed by atoms with Crippen LogP contribution in [0.3, 0.4) is 0 Å². The summed E-state index contributed by atoms with van der Waals surface area (Å²) in [4.78, 5) is 26.9. The summed E-state index contributed by atoms with van der Waals surface area (Å²) in [5, 5.41) is 11.4. The number of aliphatic hydroxyl groups is 1. The molecule has 0 radical (unpaired) electrons. The van der Waals surface area contributed by atoms with Gasteiger partial charge in [-0.2, -0.15) is 0 Å². The van der Waals surface area contributed by atoms with Gasteiger partial charge in [-0.3, -0.25) is 14.5 Å². The molecule has 1 unspecified atom stereocenters. The number of amides is 1. The van der Waals surface area contributed by atoms with Crippen molar-refractivity contribution >= 4 is 34.7 Å². The Balaban J connectivity index is 1.97. The Bertz CT molecular complexity index is 1130. The Morgan fingerprint density at radius 3 is 2.17 bits per heavy atom. The number of anilines is 1. The molecule has 3 aromatic rings. The van der Waals surface area contributed by atoms with E-state index in [1.807, 2.05) is 0 Å². The van der Waals surface area contributed by atoms with Gasteiger partial charge in [0.05, 0.1) is 17.3 Å². The fourth-order valence-electron chi connectivity index (χ4n) is 3.44. The lowest BCUT2D eigenvalue weighted by Crippen LogP contribution is -2.30. The van der Waals surface area contributed by atoms with Crippen molar-refractivity contribution in [2.45, 2.75) is 6.04 Å². The van der Waals surface area contributed by atoms with Gasteiger partial charge in [-0.1, -0.05) is 66.2 Å². The molecule has 3 aromatic carbocycles. The molecule has 1 atom stereocenters. The molecule has 0 aromatic heterocycles. The molecular weight excluding hydrogens is 393 g/mol. The Morgan fingerprint density at radius 2 is 1.52 bits per heavy atom. The number of aliphatic hydroxyl groups excluding tert-OH is 1. The number of carbonyl (C=O) groups excluding carboxylic acids is 2. The lowest BCUT2D eigenvalue weighted by atomic mass is 9.95. The maximum atomic E-state index is 14.5. The lowest BCUT2D eigenvalue weighted by molar-refractivity contribution is -0.132. The summed E-state index contributed by atoms with van der Waals surface area (Å²) in [7, 11) is 0. The number of Topliss-reactive ketones (excluding diaryl/α,β-unsaturated/α-hetero) is 1. The van der Waals surface area contributed by atoms with Crippen molar-refractivity contribution in [3.8, 4) is 0 Å². The zero-order valence-electron chi connectivity index (χ0n) is 15.0. The topological polar surface area (TPSA) is 57.6 Å². The quantitative estimate of drug-likeness (QED) is 0.373. The van der Waals surface area contributed by atoms with Crippen LogP contribution in [0.25, 0.3) is 5.76 Å². The number of para-hydroxylation sites is 1. The maximum absolute atomic E-state index is 14.5. The van der Waals surface area contributed by atoms with Crippen LogP contribution in [-0.2, 0) is 9.59 Å². The molecule has 1 amide bonds. The summed E-state index contributed by atoms with van der Waals surface area (Å²) in [5.41, 5.74) is 0.765. The summed E-state index contributed by atoms with van der Waals surface area (Å²) in [6.45, 7) is 0. The average molecular weight is 408 g/mol. The number of halogens is 2. The van der Waals surface area contributed by atoms with Gasteiger partial charge in [-0.25, -0.2) is 4.39 Å². The largest absolute Gasteiger partial charge is 0.507 e. The number of ketones is 1. The van der Waals surface area contributed by atoms with Gasteiger partial charge in [0.15, 0.2) is 0 Å². The highest BCUT2D eigenvalue weighted by Gasteiger charge is 2.47. The fraction of sp³-hybridized carbons (Fsp3) is 0.0435. The summed E-state index contributed by atoms with van der Waals surface area (Å²) in [6, 6.07) is 19.7. The van der Waals surface area contributed by atoms with Crippen molar-refractivity contribution in [1.29, 1.82) is 0 Å². The van der Waals surface area contributed by atoms with E-state index in [0.29, 0.717) is 16.1 Å². The first-order chi connectivity index (χ1) is 14.0. The zero-order valence-corrected chi connectivity index (χ0v) is 15.8. The first kappa shape index (κ1) is 18.9. The number of carbonyl (C=O) groups is 2. The molecular formula is C23H15ClFNO3. The molecule has 4 rings (SSSR count). The summed E-state index contributed by atoms with van der Waals surface area (Å²) in [5.74, 6) is -2.75. The minimum absolute atomic E-state index is 0.0401. The van der Waals surface area contributed by atoms with Crippen LogP contribution < -0.4 is 4.90 Å². The molecule has 6 heteroatoms. The third-order valence-corrected chi connectivity index (χ3v) is 5.04. The molecule has 1 saturated heterocycles. The van der Waals surface area contributed by atoms with Gasteiger partial charge in [0, 0.05) is 10.6 Å². The number of benzene rings is 3. The third kappa shape index (κ3) is 3.30. The predicted molar refractivity (Wildman–Crippen MR) is 109 cm³/mol. The lowest BCUT2D eigenvalue weighted by Gasteiger charge is -2.25. The van der Waals surface area contributed by atoms with Crippen molar-refractivity contribution in [1.82, 2.24) is 0 Å². The van der Waals surface area contributed by atoms with Crippen LogP contribution in [0, 0.1) is 5.82 Å². The molecule has 4 nitrogen and oxygen atoms in total. The van der Waals surface area contributed by atoms with Gasteiger partial charge < -0.3 is 5.11 Å². The smallest absolute Gasteiger partial charge is 0.300 e. The molecule has 1 fully saturated rings. The highest BCUT2D eigenvalue weighted by molar-refractivity contribution is 6.51. The minimum Gasteiger partial charge on any atom is -0.507 e. The van der Waals surface area contributed by atoms with E-state index in [4.69, 9.17) is 11.6 Å². The first-order valence-corrected chi connectivity index (χ1v) is 9.23. The zero-order chi connectivity index (χ0) is 20.5. The normalized spacial score (nSPS) is 18.3. The van der Waals surface area contributed by atoms with E-state index < -0.39 is 23.5 Å². The SMILES string of the molecule is O=C1C(=O)N(c2ccccc2F)C(c2ccc(Cl)cc2)C1=C(O)c1ccccc1. The van der Waals surface area contributed by atoms with Crippen LogP contribution in [0.15, 0.2) is 84.4 Å². The Hall–Kier alpha value is -3.44. The highest BCUT2D eigenvalue weighted by atomic mass is 35.5. The summed E-state index contributed by atoms with van der Waals surface area (Å²) in [6.07, 6.45) is 0. The Labute approximate surface area is 171 Å². The average Bonchev–Trinajstić information content (AvgIpc) is 3.00. The van der Waals surface area contributed by atoms with Crippen LogP contribution in [0.4, 0.5) is 10.1 Å². The molecule has 144 valence electrons. The standard InChI is InChI=1S/C23H15ClFNO3/c24-16-12-10-14(11-13-16)20-19(21(27)15-6-2-1-3-7-15)22(28)23(29)26(20)18-9-5-4-8-17(18)25/h1-13,20,27H. The van der Waals surface area contributed by atoms with Crippen LogP contribution in [0.5, 0.6) is 0 Å². The van der Waals surface area contributed by atoms with E-state index in [-0.39, 0.29) is 17.0 Å². The number of hydrogen-bond acceptors (Lipinski definition) is 3. The molecule has 1 N–H and O–H groups in total. The monoisotopic (exact) mass is 407 g/mol. The fourth-order valence-corrected chi connectivity index (χ4v) is 3.57. The van der Waals surface area contributed by atoms with Crippen molar-refractivity contribution < 1.29 is 19.1 Å². The maximum Gasteiger partial charge on any atom is 0.300 e. The second-order valence-corrected chi connectivity index (χ2v) is 6.97. The third-order valence-electron chi connectivity index (χ3n) is 4.79. The molecule has 1 heterocycles. The van der Waals surface area contributed by atoms with Crippen molar-refractivity contribution in [2.75, 3.05) is 4.90 Å². The van der Waals surface area contributed by atoms with Gasteiger partial charge in [-0.15, -0.1) is 0 Å². The van der Waals surface area contributed by atoms with Crippen molar-refractivity contribution in [2.24, 2.45) is 0 Å². The molecule has 0 bridgehead atoms. The highest BCUT2D eigenvalue weighted by Crippen LogP contribution is 2.42. The van der Waals surface area contributed by atoms with Crippen molar-refractivity contribution in [3.05, 3.63) is 106 Å². The van der Waals surface area contributed by atoms with E-state index in [9.17, 15) is 19.1 Å². The molecule has 0 spiro atoms. The molecule has 0 aliphatic carbocycles. The van der Waals surface area contributed by atoms with E-state index in [0.717, 1.165) is 4.90 Å². The van der Waals surface area contributed by atoms with Crippen LogP contribution in [-0.4, -0.2) is 16.8 Å². The van der Waals surface area contributed by atoms with Gasteiger partial charge in [0.25, 0.3) is 11.7 Å². The Morgan fingerprint density at radius 1 is 0.897 bits per heavy atom. The van der Waals surface area contributed by atoms with E-state index in [1.54, 1.807) is 60.7 Å². The van der Waals surface area contributed by atoms with Crippen LogP contribution in [0.1, 0.15) is 17.2 Å². The molecule has 29 heavy (non-hydrogen) atoms. The van der Waals surface area contributed by atoms with E-state index in [1.165, 1.54) is 18.2 Å². The predicted octanol–water partition coefficient (Wildman–Crippen LogP) is 5.11. The second-order valence-electron chi connectivity index (χ2n) is 6.54. The van der Waals surface area contributed by atoms with Gasteiger partial charge in [-0.05, 0) is 29.8 Å². The Kier molecular flexibility index (Phi) is 4.91. The van der Waals surface area contributed by atoms with E-state index >= 15 is 0 Å². The number of hydrogen-bond donors (Lipinski definition) is 1. The van der Waals surface area contributed by atoms with Crippen molar-refractivity contribution in [3.63, 3.8) is 0 Å². The van der Waals surface area contributed by atoms with Crippen LogP contribution >= 0.6 is 11.6 Å². The van der Waals surface area contributed by atoms with Gasteiger partial charge in [0.2, 0.25) is 0 Å². The first-order valence-electron chi connectivity index (χ1n) is 8.85.